The molecular formula is C25H37F3N2O6. The van der Waals surface area contributed by atoms with Crippen LogP contribution in [0.1, 0.15) is 49.0 Å². The zero-order valence-electron chi connectivity index (χ0n) is 21.3. The first-order valence-electron chi connectivity index (χ1n) is 12.0. The molecule has 1 aromatic rings. The summed E-state index contributed by atoms with van der Waals surface area (Å²) >= 11 is 0. The van der Waals surface area contributed by atoms with Gasteiger partial charge in [-0.3, -0.25) is 9.69 Å². The second-order valence-corrected chi connectivity index (χ2v) is 9.83. The molecule has 0 saturated carbocycles. The van der Waals surface area contributed by atoms with Crippen LogP contribution in [0.25, 0.3) is 0 Å². The Morgan fingerprint density at radius 1 is 1.28 bits per heavy atom. The molecule has 1 amide bonds. The zero-order valence-corrected chi connectivity index (χ0v) is 21.3. The summed E-state index contributed by atoms with van der Waals surface area (Å²) in [6.07, 6.45) is -1.86. The molecule has 1 spiro atoms. The number of phenolic OH excluding ortho intramolecular Hbond substituents is 1. The lowest BCUT2D eigenvalue weighted by Crippen LogP contribution is -2.44. The second-order valence-electron chi connectivity index (χ2n) is 9.83. The standard InChI is InChI=1S/C23H36N2O4.C2HF3O2/c1-17(2)25(11-12-28-4)15-19-14-23(16-29-19)7-9-24(10-8-23)22(27)20-13-18(3)5-6-21(20)26;3-2(4,5)1(6)7/h5-6,13,17,19,26H,7-12,14-16H2,1-4H3;(H,6,7). The molecule has 8 nitrogen and oxygen atoms in total. The van der Waals surface area contributed by atoms with Crippen LogP contribution in [0.3, 0.4) is 0 Å². The normalized spacial score (nSPS) is 19.5. The molecule has 2 N–H and O–H groups in total. The molecule has 2 fully saturated rings. The molecule has 0 radical (unpaired) electrons. The van der Waals surface area contributed by atoms with Crippen LogP contribution in [-0.2, 0) is 14.3 Å². The van der Waals surface area contributed by atoms with E-state index in [1.54, 1.807) is 19.2 Å². The second kappa shape index (κ2) is 12.7. The third-order valence-corrected chi connectivity index (χ3v) is 6.77. The number of alkyl halides is 3. The molecule has 0 aromatic heterocycles. The number of carbonyl (C=O) groups is 2. The summed E-state index contributed by atoms with van der Waals surface area (Å²) in [6.45, 7) is 11.2. The quantitative estimate of drug-likeness (QED) is 0.568. The third kappa shape index (κ3) is 8.35. The van der Waals surface area contributed by atoms with Crippen molar-refractivity contribution in [3.63, 3.8) is 0 Å². The number of benzene rings is 1. The smallest absolute Gasteiger partial charge is 0.490 e. The lowest BCUT2D eigenvalue weighted by atomic mass is 9.76. The SMILES string of the molecule is COCCN(CC1CC2(CCN(C(=O)c3cc(C)ccc3O)CC2)CO1)C(C)C.O=C(O)C(F)(F)F. The van der Waals surface area contributed by atoms with Crippen LogP contribution in [0, 0.1) is 12.3 Å². The molecule has 2 aliphatic rings. The fraction of sp³-hybridized carbons (Fsp3) is 0.680. The van der Waals surface area contributed by atoms with Gasteiger partial charge in [0.1, 0.15) is 5.75 Å². The number of rotatable bonds is 7. The Hall–Kier alpha value is -2.37. The molecule has 3 rings (SSSR count). The van der Waals surface area contributed by atoms with E-state index in [1.807, 2.05) is 17.9 Å². The van der Waals surface area contributed by atoms with E-state index in [1.165, 1.54) is 0 Å². The summed E-state index contributed by atoms with van der Waals surface area (Å²) in [7, 11) is 1.74. The van der Waals surface area contributed by atoms with E-state index in [-0.39, 0.29) is 23.2 Å². The van der Waals surface area contributed by atoms with Gasteiger partial charge in [0.2, 0.25) is 0 Å². The number of aliphatic carboxylic acids is 1. The van der Waals surface area contributed by atoms with E-state index < -0.39 is 12.1 Å². The first kappa shape index (κ1) is 29.9. The number of methoxy groups -OCH3 is 1. The topological polar surface area (TPSA) is 99.5 Å². The number of halogens is 3. The van der Waals surface area contributed by atoms with E-state index in [0.717, 1.165) is 64.2 Å². The van der Waals surface area contributed by atoms with Crippen molar-refractivity contribution in [2.45, 2.75) is 58.4 Å². The maximum Gasteiger partial charge on any atom is 0.490 e. The van der Waals surface area contributed by atoms with Gasteiger partial charge in [-0.25, -0.2) is 4.79 Å². The third-order valence-electron chi connectivity index (χ3n) is 6.77. The van der Waals surface area contributed by atoms with E-state index >= 15 is 0 Å². The molecule has 36 heavy (non-hydrogen) atoms. The zero-order chi connectivity index (χ0) is 27.1. The number of hydrogen-bond acceptors (Lipinski definition) is 6. The highest BCUT2D eigenvalue weighted by Crippen LogP contribution is 2.42. The first-order valence-corrected chi connectivity index (χ1v) is 12.0. The van der Waals surface area contributed by atoms with Gasteiger partial charge in [0, 0.05) is 39.3 Å². The number of carboxylic acid groups (broad SMARTS) is 1. The van der Waals surface area contributed by atoms with Gasteiger partial charge in [0.05, 0.1) is 24.9 Å². The van der Waals surface area contributed by atoms with Gasteiger partial charge >= 0.3 is 12.1 Å². The minimum atomic E-state index is -5.08. The molecular weight excluding hydrogens is 481 g/mol. The largest absolute Gasteiger partial charge is 0.507 e. The number of carbonyl (C=O) groups excluding carboxylic acids is 1. The number of ether oxygens (including phenoxy) is 2. The van der Waals surface area contributed by atoms with E-state index in [4.69, 9.17) is 19.4 Å². The van der Waals surface area contributed by atoms with Crippen molar-refractivity contribution in [2.24, 2.45) is 5.41 Å². The number of aryl methyl sites for hydroxylation is 1. The lowest BCUT2D eigenvalue weighted by molar-refractivity contribution is -0.192. The van der Waals surface area contributed by atoms with Crippen LogP contribution in [-0.4, -0.2) is 96.7 Å². The van der Waals surface area contributed by atoms with Gasteiger partial charge in [0.15, 0.2) is 0 Å². The van der Waals surface area contributed by atoms with E-state index in [2.05, 4.69) is 18.7 Å². The maximum atomic E-state index is 12.9. The van der Waals surface area contributed by atoms with Crippen molar-refractivity contribution in [3.05, 3.63) is 29.3 Å². The first-order chi connectivity index (χ1) is 16.8. The van der Waals surface area contributed by atoms with Gasteiger partial charge in [-0.1, -0.05) is 11.6 Å². The fourth-order valence-electron chi connectivity index (χ4n) is 4.57. The molecule has 0 aliphatic carbocycles. The summed E-state index contributed by atoms with van der Waals surface area (Å²) in [5, 5.41) is 17.2. The highest BCUT2D eigenvalue weighted by atomic mass is 19.4. The Labute approximate surface area is 210 Å². The molecule has 0 bridgehead atoms. The number of hydrogen-bond donors (Lipinski definition) is 2. The molecule has 2 heterocycles. The van der Waals surface area contributed by atoms with Gasteiger partial charge in [-0.15, -0.1) is 0 Å². The van der Waals surface area contributed by atoms with E-state index in [0.29, 0.717) is 11.6 Å². The monoisotopic (exact) mass is 518 g/mol. The van der Waals surface area contributed by atoms with Crippen molar-refractivity contribution >= 4 is 11.9 Å². The van der Waals surface area contributed by atoms with Crippen molar-refractivity contribution in [1.82, 2.24) is 9.80 Å². The van der Waals surface area contributed by atoms with Crippen molar-refractivity contribution in [1.29, 1.82) is 0 Å². The van der Waals surface area contributed by atoms with Gasteiger partial charge in [-0.05, 0) is 57.6 Å². The Balaban J connectivity index is 0.000000572. The molecule has 11 heteroatoms. The Morgan fingerprint density at radius 2 is 1.89 bits per heavy atom. The number of piperidine rings is 1. The molecule has 1 unspecified atom stereocenters. The predicted molar refractivity (Wildman–Crippen MR) is 127 cm³/mol. The summed E-state index contributed by atoms with van der Waals surface area (Å²) in [5.74, 6) is -2.76. The Morgan fingerprint density at radius 3 is 2.42 bits per heavy atom. The van der Waals surface area contributed by atoms with Crippen LogP contribution < -0.4 is 0 Å². The molecule has 2 saturated heterocycles. The van der Waals surface area contributed by atoms with Crippen LogP contribution in [0.15, 0.2) is 18.2 Å². The average molecular weight is 519 g/mol. The molecule has 1 atom stereocenters. The maximum absolute atomic E-state index is 12.9. The highest BCUT2D eigenvalue weighted by Gasteiger charge is 2.43. The van der Waals surface area contributed by atoms with Crippen molar-refractivity contribution < 1.29 is 42.4 Å². The number of likely N-dealkylation sites (tertiary alicyclic amines) is 1. The lowest BCUT2D eigenvalue weighted by Gasteiger charge is -2.38. The van der Waals surface area contributed by atoms with Gasteiger partial charge < -0.3 is 24.6 Å². The summed E-state index contributed by atoms with van der Waals surface area (Å²) < 4.78 is 43.2. The number of phenols is 1. The summed E-state index contributed by atoms with van der Waals surface area (Å²) in [5.41, 5.74) is 1.57. The average Bonchev–Trinajstić information content (AvgIpc) is 3.19. The van der Waals surface area contributed by atoms with Gasteiger partial charge in [-0.2, -0.15) is 13.2 Å². The molecule has 1 aromatic carbocycles. The minimum Gasteiger partial charge on any atom is -0.507 e. The number of nitrogens with zero attached hydrogens (tertiary/aromatic N) is 2. The molecule has 204 valence electrons. The number of aromatic hydroxyl groups is 1. The van der Waals surface area contributed by atoms with Crippen LogP contribution >= 0.6 is 0 Å². The van der Waals surface area contributed by atoms with Crippen molar-refractivity contribution in [2.75, 3.05) is 46.5 Å². The van der Waals surface area contributed by atoms with Crippen LogP contribution in [0.5, 0.6) is 5.75 Å². The summed E-state index contributed by atoms with van der Waals surface area (Å²) in [6, 6.07) is 5.66. The van der Waals surface area contributed by atoms with Gasteiger partial charge in [0.25, 0.3) is 5.91 Å². The fourth-order valence-corrected chi connectivity index (χ4v) is 4.57. The minimum absolute atomic E-state index is 0.0648. The van der Waals surface area contributed by atoms with Crippen LogP contribution in [0.4, 0.5) is 13.2 Å². The highest BCUT2D eigenvalue weighted by molar-refractivity contribution is 5.97. The Bertz CT molecular complexity index is 885. The van der Waals surface area contributed by atoms with Crippen molar-refractivity contribution in [3.8, 4) is 5.75 Å². The summed E-state index contributed by atoms with van der Waals surface area (Å²) in [4.78, 5) is 26.1. The number of carboxylic acids is 1. The Kier molecular flexibility index (Phi) is 10.6. The molecule has 2 aliphatic heterocycles. The van der Waals surface area contributed by atoms with Crippen LogP contribution in [0.2, 0.25) is 0 Å². The van der Waals surface area contributed by atoms with E-state index in [9.17, 15) is 23.1 Å². The number of amides is 1. The predicted octanol–water partition coefficient (Wildman–Crippen LogP) is 3.70.